The van der Waals surface area contributed by atoms with Crippen molar-refractivity contribution in [2.45, 2.75) is 56.3 Å². The highest BCUT2D eigenvalue weighted by Crippen LogP contribution is 2.18. The number of hydrogen-bond donors (Lipinski definition) is 7. The standard InChI is InChI=1S/C17H27N5O9/c18-8(3-4-13(25)26)14(27)20-9(6-12(19)24)15(28)21-10(7-23)16(29)22-5-1-2-11(22)17(30)31/h8-11,23H,1-7,18H2,(H2,19,24)(H,20,27)(H,21,28)(H,25,26)(H,30,31). The average molecular weight is 445 g/mol. The van der Waals surface area contributed by atoms with Crippen LogP contribution in [0.15, 0.2) is 0 Å². The molecule has 0 saturated carbocycles. The van der Waals surface area contributed by atoms with E-state index in [1.807, 2.05) is 0 Å². The Morgan fingerprint density at radius 3 is 2.16 bits per heavy atom. The minimum atomic E-state index is -1.54. The molecular weight excluding hydrogens is 418 g/mol. The number of carboxylic acid groups (broad SMARTS) is 2. The number of aliphatic hydroxyl groups is 1. The minimum absolute atomic E-state index is 0.127. The van der Waals surface area contributed by atoms with Gasteiger partial charge in [-0.25, -0.2) is 4.79 Å². The van der Waals surface area contributed by atoms with Crippen molar-refractivity contribution in [1.29, 1.82) is 0 Å². The first-order valence-electron chi connectivity index (χ1n) is 9.48. The average Bonchev–Trinajstić information content (AvgIpc) is 3.18. The van der Waals surface area contributed by atoms with Gasteiger partial charge in [0.05, 0.1) is 19.1 Å². The van der Waals surface area contributed by atoms with Crippen LogP contribution in [0.1, 0.15) is 32.1 Å². The molecule has 9 N–H and O–H groups in total. The monoisotopic (exact) mass is 445 g/mol. The first-order chi connectivity index (χ1) is 14.5. The molecule has 4 unspecified atom stereocenters. The molecule has 4 atom stereocenters. The molecule has 0 radical (unpaired) electrons. The molecular formula is C17H27N5O9. The number of carbonyl (C=O) groups is 6. The number of nitrogens with two attached hydrogens (primary N) is 2. The number of hydrogen-bond acceptors (Lipinski definition) is 8. The Bertz CT molecular complexity index is 729. The van der Waals surface area contributed by atoms with Crippen molar-refractivity contribution in [1.82, 2.24) is 15.5 Å². The van der Waals surface area contributed by atoms with E-state index in [9.17, 15) is 39.0 Å². The summed E-state index contributed by atoms with van der Waals surface area (Å²) in [5.41, 5.74) is 10.7. The smallest absolute Gasteiger partial charge is 0.326 e. The molecule has 1 fully saturated rings. The second kappa shape index (κ2) is 11.8. The lowest BCUT2D eigenvalue weighted by Crippen LogP contribution is -2.58. The number of rotatable bonds is 12. The van der Waals surface area contributed by atoms with Crippen LogP contribution in [0.3, 0.4) is 0 Å². The Balaban J connectivity index is 2.85. The highest BCUT2D eigenvalue weighted by atomic mass is 16.4. The number of aliphatic hydroxyl groups excluding tert-OH is 1. The van der Waals surface area contributed by atoms with E-state index in [0.717, 1.165) is 4.90 Å². The zero-order valence-corrected chi connectivity index (χ0v) is 16.7. The predicted molar refractivity (Wildman–Crippen MR) is 102 cm³/mol. The number of primary amides is 1. The summed E-state index contributed by atoms with van der Waals surface area (Å²) in [6.07, 6.45) is -0.625. The molecule has 0 aliphatic carbocycles. The van der Waals surface area contributed by atoms with Crippen molar-refractivity contribution in [3.8, 4) is 0 Å². The molecule has 4 amide bonds. The van der Waals surface area contributed by atoms with Crippen LogP contribution in [0.4, 0.5) is 0 Å². The lowest BCUT2D eigenvalue weighted by atomic mass is 10.1. The molecule has 14 heteroatoms. The number of likely N-dealkylation sites (tertiary alicyclic amines) is 1. The number of carboxylic acids is 2. The molecule has 0 aromatic rings. The molecule has 31 heavy (non-hydrogen) atoms. The highest BCUT2D eigenvalue weighted by Gasteiger charge is 2.38. The molecule has 1 saturated heterocycles. The number of carbonyl (C=O) groups excluding carboxylic acids is 4. The molecule has 0 spiro atoms. The molecule has 0 bridgehead atoms. The summed E-state index contributed by atoms with van der Waals surface area (Å²) in [5.74, 6) is -6.14. The lowest BCUT2D eigenvalue weighted by Gasteiger charge is -2.27. The Labute approximate surface area is 176 Å². The van der Waals surface area contributed by atoms with Gasteiger partial charge in [-0.15, -0.1) is 0 Å². The Morgan fingerprint density at radius 1 is 1.03 bits per heavy atom. The minimum Gasteiger partial charge on any atom is -0.481 e. The van der Waals surface area contributed by atoms with Gasteiger partial charge in [-0.3, -0.25) is 24.0 Å². The molecule has 1 aliphatic heterocycles. The zero-order chi connectivity index (χ0) is 23.7. The summed E-state index contributed by atoms with van der Waals surface area (Å²) in [6.45, 7) is -0.731. The molecule has 0 aromatic carbocycles. The van der Waals surface area contributed by atoms with E-state index < -0.39 is 79.2 Å². The third-order valence-corrected chi connectivity index (χ3v) is 4.66. The van der Waals surface area contributed by atoms with Gasteiger partial charge in [0.2, 0.25) is 23.6 Å². The Kier molecular flexibility index (Phi) is 9.82. The lowest BCUT2D eigenvalue weighted by molar-refractivity contribution is -0.150. The second-order valence-corrected chi connectivity index (χ2v) is 7.04. The van der Waals surface area contributed by atoms with Crippen LogP contribution in [0.5, 0.6) is 0 Å². The largest absolute Gasteiger partial charge is 0.481 e. The van der Waals surface area contributed by atoms with Crippen molar-refractivity contribution in [3.05, 3.63) is 0 Å². The fourth-order valence-electron chi connectivity index (χ4n) is 3.04. The summed E-state index contributed by atoms with van der Waals surface area (Å²) in [6, 6.07) is -5.43. The molecule has 1 heterocycles. The topological polar surface area (TPSA) is 242 Å². The molecule has 0 aromatic heterocycles. The quantitative estimate of drug-likeness (QED) is 0.154. The zero-order valence-electron chi connectivity index (χ0n) is 16.7. The van der Waals surface area contributed by atoms with E-state index in [-0.39, 0.29) is 19.4 Å². The van der Waals surface area contributed by atoms with Gasteiger partial charge in [-0.05, 0) is 19.3 Å². The predicted octanol–water partition coefficient (Wildman–Crippen LogP) is -3.91. The first kappa shape index (κ1) is 25.8. The van der Waals surface area contributed by atoms with E-state index in [1.165, 1.54) is 0 Å². The summed E-state index contributed by atoms with van der Waals surface area (Å²) in [5, 5.41) is 31.7. The van der Waals surface area contributed by atoms with E-state index in [0.29, 0.717) is 6.42 Å². The Hall–Kier alpha value is -3.26. The normalized spacial score (nSPS) is 18.5. The number of nitrogens with zero attached hydrogens (tertiary/aromatic N) is 1. The van der Waals surface area contributed by atoms with Crippen LogP contribution < -0.4 is 22.1 Å². The van der Waals surface area contributed by atoms with Gasteiger partial charge in [-0.2, -0.15) is 0 Å². The maximum absolute atomic E-state index is 12.6. The SMILES string of the molecule is NC(=O)CC(NC(=O)C(N)CCC(=O)O)C(=O)NC(CO)C(=O)N1CCCC1C(=O)O. The van der Waals surface area contributed by atoms with E-state index in [2.05, 4.69) is 10.6 Å². The van der Waals surface area contributed by atoms with E-state index >= 15 is 0 Å². The third-order valence-electron chi connectivity index (χ3n) is 4.66. The number of nitrogens with one attached hydrogen (secondary N) is 2. The fraction of sp³-hybridized carbons (Fsp3) is 0.647. The summed E-state index contributed by atoms with van der Waals surface area (Å²) in [7, 11) is 0. The fourth-order valence-corrected chi connectivity index (χ4v) is 3.04. The van der Waals surface area contributed by atoms with Gasteiger partial charge in [0.25, 0.3) is 0 Å². The maximum Gasteiger partial charge on any atom is 0.326 e. The van der Waals surface area contributed by atoms with Gasteiger partial charge >= 0.3 is 11.9 Å². The summed E-state index contributed by atoms with van der Waals surface area (Å²) >= 11 is 0. The van der Waals surface area contributed by atoms with Crippen LogP contribution in [-0.4, -0.2) is 93.1 Å². The highest BCUT2D eigenvalue weighted by molar-refractivity contribution is 5.96. The van der Waals surface area contributed by atoms with Crippen molar-refractivity contribution in [2.75, 3.05) is 13.2 Å². The van der Waals surface area contributed by atoms with Crippen LogP contribution in [0.2, 0.25) is 0 Å². The number of aliphatic carboxylic acids is 2. The van der Waals surface area contributed by atoms with Crippen molar-refractivity contribution < 1.29 is 44.1 Å². The van der Waals surface area contributed by atoms with Crippen LogP contribution >= 0.6 is 0 Å². The Morgan fingerprint density at radius 2 is 1.65 bits per heavy atom. The molecule has 174 valence electrons. The molecule has 14 nitrogen and oxygen atoms in total. The van der Waals surface area contributed by atoms with Gasteiger partial charge in [0.15, 0.2) is 0 Å². The maximum atomic E-state index is 12.6. The van der Waals surface area contributed by atoms with Crippen molar-refractivity contribution in [2.24, 2.45) is 11.5 Å². The van der Waals surface area contributed by atoms with Gasteiger partial charge in [0, 0.05) is 13.0 Å². The van der Waals surface area contributed by atoms with Gasteiger partial charge in [0.1, 0.15) is 18.1 Å². The van der Waals surface area contributed by atoms with Crippen molar-refractivity contribution in [3.63, 3.8) is 0 Å². The van der Waals surface area contributed by atoms with E-state index in [1.54, 1.807) is 0 Å². The molecule has 1 rings (SSSR count). The second-order valence-electron chi connectivity index (χ2n) is 7.04. The summed E-state index contributed by atoms with van der Waals surface area (Å²) < 4.78 is 0. The van der Waals surface area contributed by atoms with Gasteiger partial charge in [-0.1, -0.05) is 0 Å². The molecule has 1 aliphatic rings. The third kappa shape index (κ3) is 7.82. The van der Waals surface area contributed by atoms with E-state index in [4.69, 9.17) is 16.6 Å². The summed E-state index contributed by atoms with van der Waals surface area (Å²) in [4.78, 5) is 71.4. The van der Waals surface area contributed by atoms with Gasteiger partial charge < -0.3 is 42.3 Å². The van der Waals surface area contributed by atoms with Crippen LogP contribution in [0.25, 0.3) is 0 Å². The van der Waals surface area contributed by atoms with Crippen LogP contribution in [0, 0.1) is 0 Å². The first-order valence-corrected chi connectivity index (χ1v) is 9.48. The van der Waals surface area contributed by atoms with Crippen molar-refractivity contribution >= 4 is 35.6 Å². The number of amides is 4. The van der Waals surface area contributed by atoms with Crippen LogP contribution in [-0.2, 0) is 28.8 Å².